The molecule has 2 aliphatic carbocycles. The molecular formula is C92H118N6O25. The minimum Gasteiger partial charge on any atom is -0.508 e. The van der Waals surface area contributed by atoms with Gasteiger partial charge in [-0.2, -0.15) is 0 Å². The molecule has 2 saturated carbocycles. The standard InChI is InChI=1S/C19H21NO5.C16H21NO4.C15H19NO4.C15H21NO4.C14H19NO4.C13H17NO4/c1-19(9-8-14-4-6-16(21)7-5-14)24-13-17(25-19)12-23-18(22)15-3-2-10-20-11-15;1-16(13-6-2-3-7-13)20-11-14(21-16)10-19-15(18)12-5-4-8-17-9-12;17-14(12-5-4-8-16-9-12)18-10-13-11-19-15(20-13)6-2-1-3-7-15;1-11(2)7-15(3)19-10-13(20-15)9-18-14(17)12-5-4-6-16-8-12;1-3-14(4-2)18-10-12(19-14)9-17-13(16)11-6-5-7-15-8-11;1-3-13(2)17-9-11(18-13)8-16-12(15)10-5-4-6-14-7-10/h2-7,10-11,17,21H,8-9,12-13H2,1H3;4-5,8-9,13-14H,2-3,6-7,10-11H2,1H3;4-5,8-9,13H,1-3,6-7,10-11H2;4-6,8,11,13H,7,9-10H2,1-3H3;5-8,12H,3-4,9-10H2,1-2H3;4-7,11H,3,8-9H2,1-2H3. The van der Waals surface area contributed by atoms with Gasteiger partial charge in [0.1, 0.15) is 82.0 Å². The van der Waals surface area contributed by atoms with Crippen molar-refractivity contribution in [2.75, 3.05) is 79.3 Å². The summed E-state index contributed by atoms with van der Waals surface area (Å²) in [6.07, 6.45) is 32.2. The molecule has 31 heteroatoms. The lowest BCUT2D eigenvalue weighted by Gasteiger charge is -2.31. The molecule has 15 rings (SSSR count). The van der Waals surface area contributed by atoms with Crippen LogP contribution in [0.2, 0.25) is 0 Å². The number of hydrogen-bond acceptors (Lipinski definition) is 31. The monoisotopic (exact) mass is 1710 g/mol. The molecule has 10 atom stereocenters. The molecule has 8 aliphatic rings. The Morgan fingerprint density at radius 3 is 1.07 bits per heavy atom. The van der Waals surface area contributed by atoms with E-state index in [4.69, 9.17) is 85.3 Å². The number of aryl methyl sites for hydroxylation is 1. The number of benzene rings is 1. The third-order valence-corrected chi connectivity index (χ3v) is 21.6. The molecule has 6 aromatic heterocycles. The van der Waals surface area contributed by atoms with E-state index in [9.17, 15) is 33.9 Å². The molecule has 0 radical (unpaired) electrons. The first kappa shape index (κ1) is 95.5. The number of aromatic nitrogens is 6. The van der Waals surface area contributed by atoms with Crippen LogP contribution in [-0.2, 0) is 91.7 Å². The van der Waals surface area contributed by atoms with Crippen molar-refractivity contribution >= 4 is 35.8 Å². The zero-order chi connectivity index (χ0) is 87.6. The summed E-state index contributed by atoms with van der Waals surface area (Å²) in [5.41, 5.74) is 3.74. The number of nitrogens with zero attached hydrogens (tertiary/aromatic N) is 6. The molecule has 31 nitrogen and oxygen atoms in total. The van der Waals surface area contributed by atoms with Gasteiger partial charge in [-0.3, -0.25) is 29.9 Å². The van der Waals surface area contributed by atoms with E-state index in [0.29, 0.717) is 91.3 Å². The van der Waals surface area contributed by atoms with Crippen LogP contribution in [0, 0.1) is 11.8 Å². The smallest absolute Gasteiger partial charge is 0.339 e. The topological polar surface area (TPSA) is 366 Å². The molecule has 8 fully saturated rings. The van der Waals surface area contributed by atoms with E-state index in [1.165, 1.54) is 56.4 Å². The van der Waals surface area contributed by atoms with Gasteiger partial charge in [-0.05, 0) is 175 Å². The number of carbonyl (C=O) groups is 6. The number of ether oxygens (including phenoxy) is 18. The Labute approximate surface area is 718 Å². The van der Waals surface area contributed by atoms with Gasteiger partial charge in [0, 0.05) is 106 Å². The predicted octanol–water partition coefficient (Wildman–Crippen LogP) is 13.9. The number of esters is 6. The van der Waals surface area contributed by atoms with Crippen molar-refractivity contribution in [3.8, 4) is 5.75 Å². The second-order valence-corrected chi connectivity index (χ2v) is 32.0. The van der Waals surface area contributed by atoms with Crippen LogP contribution in [0.15, 0.2) is 171 Å². The maximum atomic E-state index is 11.9. The van der Waals surface area contributed by atoms with Crippen molar-refractivity contribution in [2.24, 2.45) is 11.8 Å². The minimum atomic E-state index is -0.705. The predicted molar refractivity (Wildman–Crippen MR) is 443 cm³/mol. The van der Waals surface area contributed by atoms with Gasteiger partial charge in [0.25, 0.3) is 0 Å². The zero-order valence-electron chi connectivity index (χ0n) is 71.8. The van der Waals surface area contributed by atoms with Crippen molar-refractivity contribution in [2.45, 2.75) is 230 Å². The normalized spacial score (nSPS) is 25.2. The van der Waals surface area contributed by atoms with E-state index in [1.54, 1.807) is 122 Å². The molecule has 123 heavy (non-hydrogen) atoms. The Morgan fingerprint density at radius 2 is 0.715 bits per heavy atom. The SMILES string of the molecule is CC(C)CC1(C)OCC(COC(=O)c2cccnc2)O1.CC1(C2CCCC2)OCC(COC(=O)c2cccnc2)O1.CC1(CCc2ccc(O)cc2)OCC(COC(=O)c2cccnc2)O1.CCC1(C)OCC(COC(=O)c2cccnc2)O1.CCC1(CC)OCC(COC(=O)c2cccnc2)O1.O=C(OCC1COC2(CCCCC2)O1)c1cccnc1. The molecule has 0 bridgehead atoms. The zero-order valence-corrected chi connectivity index (χ0v) is 71.8. The molecule has 6 saturated heterocycles. The molecule has 1 aromatic carbocycles. The molecular weight excluding hydrogens is 1590 g/mol. The van der Waals surface area contributed by atoms with Gasteiger partial charge in [0.2, 0.25) is 0 Å². The van der Waals surface area contributed by atoms with E-state index in [2.05, 4.69) is 43.8 Å². The van der Waals surface area contributed by atoms with Gasteiger partial charge >= 0.3 is 35.8 Å². The Morgan fingerprint density at radius 1 is 0.382 bits per heavy atom. The second kappa shape index (κ2) is 47.4. The molecule has 666 valence electrons. The maximum Gasteiger partial charge on any atom is 0.339 e. The van der Waals surface area contributed by atoms with Crippen molar-refractivity contribution in [1.29, 1.82) is 0 Å². The average Bonchev–Trinajstić information content (AvgIpc) is 1.67. The summed E-state index contributed by atoms with van der Waals surface area (Å²) >= 11 is 0. The molecule has 12 heterocycles. The van der Waals surface area contributed by atoms with E-state index in [1.807, 2.05) is 60.6 Å². The summed E-state index contributed by atoms with van der Waals surface area (Å²) < 4.78 is 101. The lowest BCUT2D eigenvalue weighted by atomic mass is 9.94. The molecule has 6 aliphatic heterocycles. The van der Waals surface area contributed by atoms with Crippen molar-refractivity contribution in [3.05, 3.63) is 210 Å². The van der Waals surface area contributed by atoms with Crippen LogP contribution < -0.4 is 0 Å². The van der Waals surface area contributed by atoms with Gasteiger partial charge in [-0.15, -0.1) is 0 Å². The number of hydrogen-bond donors (Lipinski definition) is 1. The number of pyridine rings is 6. The highest BCUT2D eigenvalue weighted by atomic mass is 16.8. The third kappa shape index (κ3) is 30.6. The van der Waals surface area contributed by atoms with Crippen LogP contribution in [0.25, 0.3) is 0 Å². The van der Waals surface area contributed by atoms with Gasteiger partial charge in [0.15, 0.2) is 34.7 Å². The lowest BCUT2D eigenvalue weighted by molar-refractivity contribution is -0.192. The first-order valence-electron chi connectivity index (χ1n) is 42.4. The fraction of sp³-hybridized carbons (Fsp3) is 0.543. The second-order valence-electron chi connectivity index (χ2n) is 32.0. The number of phenolic OH excluding ortho intramolecular Hbond substituents is 1. The van der Waals surface area contributed by atoms with Gasteiger partial charge < -0.3 is 90.4 Å². The van der Waals surface area contributed by atoms with E-state index >= 15 is 0 Å². The van der Waals surface area contributed by atoms with Crippen LogP contribution in [-0.4, -0.2) is 221 Å². The van der Waals surface area contributed by atoms with Crippen molar-refractivity contribution < 1.29 is 119 Å². The highest BCUT2D eigenvalue weighted by Crippen LogP contribution is 2.42. The van der Waals surface area contributed by atoms with Gasteiger partial charge in [0.05, 0.1) is 73.0 Å². The highest BCUT2D eigenvalue weighted by molar-refractivity contribution is 5.91. The number of rotatable bonds is 27. The number of aromatic hydroxyl groups is 1. The largest absolute Gasteiger partial charge is 0.508 e. The Balaban J connectivity index is 0.000000155. The summed E-state index contributed by atoms with van der Waals surface area (Å²) in [6, 6.07) is 27.3. The summed E-state index contributed by atoms with van der Waals surface area (Å²) in [5, 5.41) is 9.31. The first-order valence-corrected chi connectivity index (χ1v) is 42.4. The van der Waals surface area contributed by atoms with E-state index in [-0.39, 0.29) is 106 Å². The molecule has 1 N–H and O–H groups in total. The Hall–Kier alpha value is -9.74. The molecule has 1 spiro atoms. The average molecular weight is 1710 g/mol. The minimum absolute atomic E-state index is 0.141. The summed E-state index contributed by atoms with van der Waals surface area (Å²) in [5.74, 6) is -4.41. The van der Waals surface area contributed by atoms with E-state index in [0.717, 1.165) is 76.2 Å². The summed E-state index contributed by atoms with van der Waals surface area (Å²) in [4.78, 5) is 94.1. The maximum absolute atomic E-state index is 11.9. The molecule has 0 amide bonds. The summed E-state index contributed by atoms with van der Waals surface area (Å²) in [6.45, 7) is 21.9. The Kier molecular flexibility index (Phi) is 36.8. The molecule has 10 unspecified atom stereocenters. The first-order chi connectivity index (χ1) is 59.3. The van der Waals surface area contributed by atoms with Crippen molar-refractivity contribution in [1.82, 2.24) is 29.9 Å². The van der Waals surface area contributed by atoms with E-state index < -0.39 is 46.7 Å². The summed E-state index contributed by atoms with van der Waals surface area (Å²) in [7, 11) is 0. The number of phenols is 1. The van der Waals surface area contributed by atoms with Crippen LogP contribution >= 0.6 is 0 Å². The Bertz CT molecular complexity index is 4330. The third-order valence-electron chi connectivity index (χ3n) is 21.6. The van der Waals surface area contributed by atoms with Crippen LogP contribution in [0.5, 0.6) is 5.75 Å². The van der Waals surface area contributed by atoms with Gasteiger partial charge in [-0.1, -0.05) is 66.0 Å². The lowest BCUT2D eigenvalue weighted by Crippen LogP contribution is -2.35. The van der Waals surface area contributed by atoms with Crippen LogP contribution in [0.1, 0.15) is 220 Å². The fourth-order valence-electron chi connectivity index (χ4n) is 14.7. The van der Waals surface area contributed by atoms with Gasteiger partial charge in [-0.25, -0.2) is 28.8 Å². The van der Waals surface area contributed by atoms with Crippen molar-refractivity contribution in [3.63, 3.8) is 0 Å². The van der Waals surface area contributed by atoms with Crippen LogP contribution in [0.3, 0.4) is 0 Å². The quantitative estimate of drug-likeness (QED) is 0.0369. The molecule has 7 aromatic rings. The van der Waals surface area contributed by atoms with Crippen LogP contribution in [0.4, 0.5) is 0 Å². The fourth-order valence-corrected chi connectivity index (χ4v) is 14.7. The highest BCUT2D eigenvalue weighted by Gasteiger charge is 2.47. The number of carbonyl (C=O) groups excluding carboxylic acids is 6.